The zero-order valence-corrected chi connectivity index (χ0v) is 5.23. The van der Waals surface area contributed by atoms with E-state index in [-0.39, 0.29) is 0 Å². The van der Waals surface area contributed by atoms with Gasteiger partial charge in [-0.3, -0.25) is 4.99 Å². The minimum Gasteiger partial charge on any atom is -0.373 e. The molecule has 1 aliphatic heterocycles. The third-order valence-corrected chi connectivity index (χ3v) is 1.14. The van der Waals surface area contributed by atoms with E-state index in [1.807, 2.05) is 7.05 Å². The van der Waals surface area contributed by atoms with Crippen LogP contribution in [-0.4, -0.2) is 19.4 Å². The van der Waals surface area contributed by atoms with Gasteiger partial charge in [-0.25, -0.2) is 0 Å². The van der Waals surface area contributed by atoms with Crippen molar-refractivity contribution in [2.24, 2.45) is 4.99 Å². The Bertz CT molecular complexity index is 145. The second-order valence-electron chi connectivity index (χ2n) is 1.94. The molecule has 0 unspecified atom stereocenters. The van der Waals surface area contributed by atoms with Crippen LogP contribution >= 0.6 is 0 Å². The molecule has 1 heterocycles. The fourth-order valence-corrected chi connectivity index (χ4v) is 0.686. The third kappa shape index (κ3) is 0.886. The monoisotopic (exact) mass is 110 g/mol. The summed E-state index contributed by atoms with van der Waals surface area (Å²) < 4.78 is 0. The van der Waals surface area contributed by atoms with Crippen LogP contribution in [0, 0.1) is 0 Å². The van der Waals surface area contributed by atoms with Gasteiger partial charge in [0.1, 0.15) is 5.84 Å². The first kappa shape index (κ1) is 5.35. The summed E-state index contributed by atoms with van der Waals surface area (Å²) in [5.41, 5.74) is 1.33. The molecule has 0 aromatic carbocycles. The van der Waals surface area contributed by atoms with Crippen molar-refractivity contribution < 1.29 is 0 Å². The summed E-state index contributed by atoms with van der Waals surface area (Å²) in [6.07, 6.45) is 2.06. The second-order valence-corrected chi connectivity index (χ2v) is 1.94. The van der Waals surface area contributed by atoms with E-state index >= 15 is 0 Å². The molecule has 2 nitrogen and oxygen atoms in total. The molecule has 1 rings (SSSR count). The number of likely N-dealkylation sites (N-methyl/N-ethyl adjacent to an activating group) is 1. The van der Waals surface area contributed by atoms with Gasteiger partial charge >= 0.3 is 0 Å². The van der Waals surface area contributed by atoms with Gasteiger partial charge in [0.05, 0.1) is 6.54 Å². The fraction of sp³-hybridized carbons (Fsp3) is 0.500. The SMILES string of the molecule is CNC1=NCC(C)=C1. The molecule has 0 fully saturated rings. The molecule has 1 aliphatic rings. The van der Waals surface area contributed by atoms with Gasteiger partial charge < -0.3 is 5.32 Å². The van der Waals surface area contributed by atoms with E-state index in [4.69, 9.17) is 0 Å². The topological polar surface area (TPSA) is 24.4 Å². The number of aliphatic imine (C=N–C) groups is 1. The molecule has 0 amide bonds. The van der Waals surface area contributed by atoms with Crippen LogP contribution in [0.15, 0.2) is 16.6 Å². The molecular formula is C6H10N2. The van der Waals surface area contributed by atoms with E-state index in [0.717, 1.165) is 12.4 Å². The largest absolute Gasteiger partial charge is 0.373 e. The average molecular weight is 110 g/mol. The van der Waals surface area contributed by atoms with Gasteiger partial charge in [-0.15, -0.1) is 0 Å². The van der Waals surface area contributed by atoms with E-state index in [9.17, 15) is 0 Å². The maximum absolute atomic E-state index is 4.15. The van der Waals surface area contributed by atoms with Crippen molar-refractivity contribution in [3.63, 3.8) is 0 Å². The highest BCUT2D eigenvalue weighted by Crippen LogP contribution is 2.00. The molecule has 0 saturated heterocycles. The standard InChI is InChI=1S/C6H10N2/c1-5-3-6(7-2)8-4-5/h3H,4H2,1-2H3,(H,7,8). The Kier molecular flexibility index (Phi) is 1.33. The van der Waals surface area contributed by atoms with Crippen LogP contribution in [0.1, 0.15) is 6.92 Å². The molecular weight excluding hydrogens is 100 g/mol. The lowest BCUT2D eigenvalue weighted by molar-refractivity contribution is 1.13. The van der Waals surface area contributed by atoms with Crippen LogP contribution < -0.4 is 5.32 Å². The van der Waals surface area contributed by atoms with E-state index in [1.165, 1.54) is 5.57 Å². The van der Waals surface area contributed by atoms with Crippen molar-refractivity contribution in [3.05, 3.63) is 11.6 Å². The molecule has 0 aromatic rings. The lowest BCUT2D eigenvalue weighted by Crippen LogP contribution is -2.12. The first-order valence-corrected chi connectivity index (χ1v) is 2.72. The van der Waals surface area contributed by atoms with Crippen LogP contribution in [0.2, 0.25) is 0 Å². The summed E-state index contributed by atoms with van der Waals surface area (Å²) >= 11 is 0. The molecule has 0 aromatic heterocycles. The summed E-state index contributed by atoms with van der Waals surface area (Å²) in [4.78, 5) is 4.15. The van der Waals surface area contributed by atoms with Crippen LogP contribution in [0.4, 0.5) is 0 Å². The summed E-state index contributed by atoms with van der Waals surface area (Å²) in [6.45, 7) is 2.95. The molecule has 2 heteroatoms. The van der Waals surface area contributed by atoms with Gasteiger partial charge in [0.25, 0.3) is 0 Å². The second kappa shape index (κ2) is 1.99. The minimum atomic E-state index is 0.871. The van der Waals surface area contributed by atoms with Gasteiger partial charge in [-0.1, -0.05) is 0 Å². The molecule has 0 saturated carbocycles. The number of amidine groups is 1. The van der Waals surface area contributed by atoms with Crippen molar-refractivity contribution in [1.29, 1.82) is 0 Å². The highest BCUT2D eigenvalue weighted by molar-refractivity contribution is 5.95. The number of hydrogen-bond acceptors (Lipinski definition) is 2. The quantitative estimate of drug-likeness (QED) is 0.484. The summed E-state index contributed by atoms with van der Waals surface area (Å²) in [5.74, 6) is 1.00. The van der Waals surface area contributed by atoms with Crippen molar-refractivity contribution in [1.82, 2.24) is 5.32 Å². The normalized spacial score (nSPS) is 17.8. The average Bonchev–Trinajstić information content (AvgIpc) is 2.14. The van der Waals surface area contributed by atoms with Crippen LogP contribution in [0.5, 0.6) is 0 Å². The Balaban J connectivity index is 2.58. The third-order valence-electron chi connectivity index (χ3n) is 1.14. The number of rotatable bonds is 0. The first-order chi connectivity index (χ1) is 3.83. The zero-order chi connectivity index (χ0) is 5.98. The minimum absolute atomic E-state index is 0.871. The molecule has 0 spiro atoms. The predicted molar refractivity (Wildman–Crippen MR) is 35.1 cm³/mol. The molecule has 0 aliphatic carbocycles. The predicted octanol–water partition coefficient (Wildman–Crippen LogP) is 0.564. The number of nitrogens with one attached hydrogen (secondary N) is 1. The maximum atomic E-state index is 4.15. The van der Waals surface area contributed by atoms with Gasteiger partial charge in [0, 0.05) is 7.05 Å². The molecule has 8 heavy (non-hydrogen) atoms. The Morgan fingerprint density at radius 1 is 1.75 bits per heavy atom. The zero-order valence-electron chi connectivity index (χ0n) is 5.23. The van der Waals surface area contributed by atoms with Crippen LogP contribution in [0.25, 0.3) is 0 Å². The fourth-order valence-electron chi connectivity index (χ4n) is 0.686. The summed E-state index contributed by atoms with van der Waals surface area (Å²) in [5, 5.41) is 2.97. The Labute approximate surface area is 49.3 Å². The van der Waals surface area contributed by atoms with Crippen molar-refractivity contribution in [2.75, 3.05) is 13.6 Å². The lowest BCUT2D eigenvalue weighted by Gasteiger charge is -1.89. The Morgan fingerprint density at radius 3 is 2.75 bits per heavy atom. The van der Waals surface area contributed by atoms with Gasteiger partial charge in [-0.05, 0) is 18.6 Å². The first-order valence-electron chi connectivity index (χ1n) is 2.72. The van der Waals surface area contributed by atoms with E-state index in [0.29, 0.717) is 0 Å². The highest BCUT2D eigenvalue weighted by Gasteiger charge is 1.99. The van der Waals surface area contributed by atoms with Gasteiger partial charge in [0.15, 0.2) is 0 Å². The van der Waals surface area contributed by atoms with Crippen molar-refractivity contribution >= 4 is 5.84 Å². The molecule has 0 atom stereocenters. The van der Waals surface area contributed by atoms with Crippen molar-refractivity contribution in [2.45, 2.75) is 6.92 Å². The lowest BCUT2D eigenvalue weighted by atomic mass is 10.3. The van der Waals surface area contributed by atoms with Crippen molar-refractivity contribution in [3.8, 4) is 0 Å². The molecule has 0 radical (unpaired) electrons. The summed E-state index contributed by atoms with van der Waals surface area (Å²) in [7, 11) is 1.88. The Hall–Kier alpha value is -0.790. The van der Waals surface area contributed by atoms with E-state index in [1.54, 1.807) is 0 Å². The Morgan fingerprint density at radius 2 is 2.50 bits per heavy atom. The molecule has 44 valence electrons. The van der Waals surface area contributed by atoms with Gasteiger partial charge in [0.2, 0.25) is 0 Å². The molecule has 1 N–H and O–H groups in total. The van der Waals surface area contributed by atoms with E-state index in [2.05, 4.69) is 23.3 Å². The smallest absolute Gasteiger partial charge is 0.120 e. The van der Waals surface area contributed by atoms with Crippen LogP contribution in [-0.2, 0) is 0 Å². The summed E-state index contributed by atoms with van der Waals surface area (Å²) in [6, 6.07) is 0. The van der Waals surface area contributed by atoms with Crippen LogP contribution in [0.3, 0.4) is 0 Å². The number of hydrogen-bond donors (Lipinski definition) is 1. The van der Waals surface area contributed by atoms with E-state index < -0.39 is 0 Å². The molecule has 0 bridgehead atoms. The van der Waals surface area contributed by atoms with Gasteiger partial charge in [-0.2, -0.15) is 0 Å². The number of nitrogens with zero attached hydrogens (tertiary/aromatic N) is 1. The highest BCUT2D eigenvalue weighted by atomic mass is 15.0. The maximum Gasteiger partial charge on any atom is 0.120 e.